The first kappa shape index (κ1) is 18.6. The van der Waals surface area contributed by atoms with E-state index in [9.17, 15) is 14.4 Å². The van der Waals surface area contributed by atoms with Gasteiger partial charge >= 0.3 is 5.97 Å². The normalized spacial score (nSPS) is 18.1. The van der Waals surface area contributed by atoms with Gasteiger partial charge in [0.25, 0.3) is 0 Å². The number of amides is 2. The quantitative estimate of drug-likeness (QED) is 0.792. The predicted molar refractivity (Wildman–Crippen MR) is 101 cm³/mol. The number of anilines is 1. The van der Waals surface area contributed by atoms with Gasteiger partial charge in [0.15, 0.2) is 0 Å². The number of methoxy groups -OCH3 is 1. The third-order valence-electron chi connectivity index (χ3n) is 4.96. The lowest BCUT2D eigenvalue weighted by Crippen LogP contribution is -2.45. The lowest BCUT2D eigenvalue weighted by Gasteiger charge is -2.28. The second-order valence-corrected chi connectivity index (χ2v) is 6.66. The van der Waals surface area contributed by atoms with Crippen LogP contribution in [0.1, 0.15) is 17.5 Å². The van der Waals surface area contributed by atoms with Gasteiger partial charge in [0, 0.05) is 19.2 Å². The van der Waals surface area contributed by atoms with Gasteiger partial charge in [-0.05, 0) is 23.6 Å². The highest BCUT2D eigenvalue weighted by Gasteiger charge is 2.50. The number of hydrogen-bond donors (Lipinski definition) is 1. The molecule has 0 bridgehead atoms. The Bertz CT molecular complexity index is 865. The molecule has 0 saturated carbocycles. The van der Waals surface area contributed by atoms with Crippen molar-refractivity contribution in [3.05, 3.63) is 65.7 Å². The van der Waals surface area contributed by atoms with Gasteiger partial charge in [0.05, 0.1) is 12.5 Å². The highest BCUT2D eigenvalue weighted by Crippen LogP contribution is 2.45. The molecule has 2 amide bonds. The maximum atomic E-state index is 13.3. The van der Waals surface area contributed by atoms with Crippen molar-refractivity contribution in [2.45, 2.75) is 18.3 Å². The van der Waals surface area contributed by atoms with Gasteiger partial charge in [0.1, 0.15) is 6.54 Å². The van der Waals surface area contributed by atoms with Crippen LogP contribution < -0.4 is 10.2 Å². The number of para-hydroxylation sites is 1. The molecular weight excluding hydrogens is 344 g/mol. The minimum atomic E-state index is -1.01. The Morgan fingerprint density at radius 1 is 1.07 bits per heavy atom. The van der Waals surface area contributed by atoms with Gasteiger partial charge in [-0.25, -0.2) is 0 Å². The summed E-state index contributed by atoms with van der Waals surface area (Å²) in [6.45, 7) is -0.220. The molecule has 2 aromatic carbocycles. The molecule has 6 nitrogen and oxygen atoms in total. The summed E-state index contributed by atoms with van der Waals surface area (Å²) in [4.78, 5) is 38.8. The first-order chi connectivity index (χ1) is 13.0. The molecule has 6 heteroatoms. The fraction of sp³-hybridized carbons (Fsp3) is 0.286. The number of fused-ring (bicyclic) bond motifs is 1. The highest BCUT2D eigenvalue weighted by atomic mass is 16.5. The Balaban J connectivity index is 1.97. The molecule has 0 aliphatic carbocycles. The van der Waals surface area contributed by atoms with Crippen molar-refractivity contribution in [3.63, 3.8) is 0 Å². The molecule has 0 saturated heterocycles. The lowest BCUT2D eigenvalue weighted by molar-refractivity contribution is -0.141. The number of benzene rings is 2. The molecule has 0 fully saturated rings. The van der Waals surface area contributed by atoms with E-state index in [0.29, 0.717) is 6.42 Å². The third kappa shape index (κ3) is 3.56. The van der Waals surface area contributed by atoms with Gasteiger partial charge in [-0.3, -0.25) is 14.4 Å². The minimum absolute atomic E-state index is 0.0426. The smallest absolute Gasteiger partial charge is 0.325 e. The van der Waals surface area contributed by atoms with Gasteiger partial charge in [-0.2, -0.15) is 0 Å². The molecule has 27 heavy (non-hydrogen) atoms. The maximum Gasteiger partial charge on any atom is 0.325 e. The van der Waals surface area contributed by atoms with E-state index in [1.54, 1.807) is 11.9 Å². The molecule has 3 rings (SSSR count). The zero-order valence-electron chi connectivity index (χ0n) is 15.4. The van der Waals surface area contributed by atoms with E-state index in [1.807, 2.05) is 54.6 Å². The molecule has 1 N–H and O–H groups in total. The van der Waals surface area contributed by atoms with Crippen LogP contribution in [0.3, 0.4) is 0 Å². The molecule has 1 aliphatic heterocycles. The van der Waals surface area contributed by atoms with Crippen LogP contribution in [0.5, 0.6) is 0 Å². The van der Waals surface area contributed by atoms with Crippen LogP contribution in [0.2, 0.25) is 0 Å². The average Bonchev–Trinajstić information content (AvgIpc) is 2.89. The summed E-state index contributed by atoms with van der Waals surface area (Å²) in [5.74, 6) is -1.02. The Morgan fingerprint density at radius 2 is 1.74 bits per heavy atom. The first-order valence-electron chi connectivity index (χ1n) is 8.73. The third-order valence-corrected chi connectivity index (χ3v) is 4.96. The summed E-state index contributed by atoms with van der Waals surface area (Å²) in [7, 11) is 2.98. The van der Waals surface area contributed by atoms with Gasteiger partial charge < -0.3 is 15.0 Å². The maximum absolute atomic E-state index is 13.3. The summed E-state index contributed by atoms with van der Waals surface area (Å²) in [6, 6.07) is 17.2. The summed E-state index contributed by atoms with van der Waals surface area (Å²) < 4.78 is 4.56. The molecule has 1 aliphatic rings. The van der Waals surface area contributed by atoms with Crippen LogP contribution in [0, 0.1) is 0 Å². The molecule has 1 atom stereocenters. The lowest BCUT2D eigenvalue weighted by atomic mass is 9.73. The Kier molecular flexibility index (Phi) is 5.26. The standard InChI is InChI=1S/C21H22N2O4/c1-23-17-11-7-6-10-16(17)21(20(23)26,12-15-8-4-3-5-9-15)13-18(24)22-14-19(25)27-2/h3-11H,12-14H2,1-2H3,(H,22,24)/t21-/m0/s1. The zero-order valence-corrected chi connectivity index (χ0v) is 15.4. The molecule has 0 aromatic heterocycles. The number of ether oxygens (including phenoxy) is 1. The number of nitrogens with zero attached hydrogens (tertiary/aromatic N) is 1. The number of rotatable bonds is 6. The monoisotopic (exact) mass is 366 g/mol. The zero-order chi connectivity index (χ0) is 19.4. The second-order valence-electron chi connectivity index (χ2n) is 6.66. The van der Waals surface area contributed by atoms with E-state index in [0.717, 1.165) is 16.8 Å². The summed E-state index contributed by atoms with van der Waals surface area (Å²) >= 11 is 0. The van der Waals surface area contributed by atoms with Crippen LogP contribution in [0.25, 0.3) is 0 Å². The Morgan fingerprint density at radius 3 is 2.44 bits per heavy atom. The molecule has 140 valence electrons. The summed E-state index contributed by atoms with van der Waals surface area (Å²) in [5, 5.41) is 2.55. The minimum Gasteiger partial charge on any atom is -0.468 e. The fourth-order valence-electron chi connectivity index (χ4n) is 3.64. The number of carbonyl (C=O) groups excluding carboxylic acids is 3. The van der Waals surface area contributed by atoms with Crippen molar-refractivity contribution in [1.29, 1.82) is 0 Å². The van der Waals surface area contributed by atoms with Crippen LogP contribution in [-0.4, -0.2) is 38.5 Å². The van der Waals surface area contributed by atoms with E-state index < -0.39 is 11.4 Å². The largest absolute Gasteiger partial charge is 0.468 e. The van der Waals surface area contributed by atoms with Crippen LogP contribution in [0.4, 0.5) is 5.69 Å². The van der Waals surface area contributed by atoms with Crippen molar-refractivity contribution in [2.75, 3.05) is 25.6 Å². The van der Waals surface area contributed by atoms with Crippen LogP contribution >= 0.6 is 0 Å². The van der Waals surface area contributed by atoms with Gasteiger partial charge in [-0.1, -0.05) is 48.5 Å². The Hall–Kier alpha value is -3.15. The van der Waals surface area contributed by atoms with Gasteiger partial charge in [-0.15, -0.1) is 0 Å². The van der Waals surface area contributed by atoms with Gasteiger partial charge in [0.2, 0.25) is 11.8 Å². The fourth-order valence-corrected chi connectivity index (χ4v) is 3.64. The number of likely N-dealkylation sites (N-methyl/N-ethyl adjacent to an activating group) is 1. The number of esters is 1. The SMILES string of the molecule is COC(=O)CNC(=O)C[C@]1(Cc2ccccc2)C(=O)N(C)c2ccccc21. The second kappa shape index (κ2) is 7.61. The van der Waals surface area contributed by atoms with E-state index in [2.05, 4.69) is 10.1 Å². The molecule has 1 heterocycles. The molecular formula is C21H22N2O4. The van der Waals surface area contributed by atoms with E-state index in [1.165, 1.54) is 7.11 Å². The van der Waals surface area contributed by atoms with Crippen LogP contribution in [0.15, 0.2) is 54.6 Å². The topological polar surface area (TPSA) is 75.7 Å². The van der Waals surface area contributed by atoms with Crippen molar-refractivity contribution < 1.29 is 19.1 Å². The Labute approximate surface area is 158 Å². The van der Waals surface area contributed by atoms with Crippen molar-refractivity contribution in [2.24, 2.45) is 0 Å². The number of hydrogen-bond acceptors (Lipinski definition) is 4. The number of carbonyl (C=O) groups is 3. The van der Waals surface area contributed by atoms with E-state index in [-0.39, 0.29) is 24.8 Å². The first-order valence-corrected chi connectivity index (χ1v) is 8.73. The predicted octanol–water partition coefficient (Wildman–Crippen LogP) is 1.82. The van der Waals surface area contributed by atoms with Crippen molar-refractivity contribution in [1.82, 2.24) is 5.32 Å². The molecule has 0 spiro atoms. The number of nitrogens with one attached hydrogen (secondary N) is 1. The molecule has 0 radical (unpaired) electrons. The van der Waals surface area contributed by atoms with Crippen molar-refractivity contribution >= 4 is 23.5 Å². The highest BCUT2D eigenvalue weighted by molar-refractivity contribution is 6.10. The van der Waals surface area contributed by atoms with Crippen LogP contribution in [-0.2, 0) is 31.0 Å². The average molecular weight is 366 g/mol. The van der Waals surface area contributed by atoms with E-state index in [4.69, 9.17) is 0 Å². The summed E-state index contributed by atoms with van der Waals surface area (Å²) in [6.07, 6.45) is 0.360. The van der Waals surface area contributed by atoms with E-state index >= 15 is 0 Å². The van der Waals surface area contributed by atoms with Crippen molar-refractivity contribution in [3.8, 4) is 0 Å². The molecule has 0 unspecified atom stereocenters. The molecule has 2 aromatic rings. The summed E-state index contributed by atoms with van der Waals surface area (Å²) in [5.41, 5.74) is 1.60.